The highest BCUT2D eigenvalue weighted by molar-refractivity contribution is 9.09. The molecule has 0 spiro atoms. The molecule has 2 unspecified atom stereocenters. The Morgan fingerprint density at radius 1 is 0.905 bits per heavy atom. The van der Waals surface area contributed by atoms with E-state index in [4.69, 9.17) is 4.74 Å². The molecule has 0 saturated heterocycles. The summed E-state index contributed by atoms with van der Waals surface area (Å²) in [4.78, 5) is 0.318. The number of benzene rings is 2. The van der Waals surface area contributed by atoms with Crippen molar-refractivity contribution in [3.63, 3.8) is 0 Å². The van der Waals surface area contributed by atoms with Crippen LogP contribution in [0.1, 0.15) is 49.1 Å². The third kappa shape index (κ3) is 4.34. The molecule has 2 aromatic carbocycles. The van der Waals surface area contributed by atoms with Crippen LogP contribution in [0.3, 0.4) is 0 Å². The van der Waals surface area contributed by atoms with Gasteiger partial charge in [0.2, 0.25) is 0 Å². The summed E-state index contributed by atoms with van der Waals surface area (Å²) in [5, 5.41) is 0. The van der Waals surface area contributed by atoms with Crippen molar-refractivity contribution >= 4 is 15.9 Å². The highest BCUT2D eigenvalue weighted by Gasteiger charge is 2.20. The van der Waals surface area contributed by atoms with Crippen molar-refractivity contribution in [2.45, 2.75) is 44.0 Å². The molecule has 1 nitrogen and oxygen atoms in total. The van der Waals surface area contributed by atoms with E-state index >= 15 is 0 Å². The molecule has 0 fully saturated rings. The van der Waals surface area contributed by atoms with Crippen LogP contribution in [-0.2, 0) is 0 Å². The Morgan fingerprint density at radius 2 is 1.52 bits per heavy atom. The fourth-order valence-corrected chi connectivity index (χ4v) is 3.53. The fraction of sp³-hybridized carbons (Fsp3) is 0.368. The van der Waals surface area contributed by atoms with E-state index in [1.54, 1.807) is 0 Å². The van der Waals surface area contributed by atoms with Crippen molar-refractivity contribution in [1.82, 2.24) is 0 Å². The minimum absolute atomic E-state index is 0.211. The average molecular weight is 347 g/mol. The first kappa shape index (κ1) is 16.1. The maximum Gasteiger partial charge on any atom is 0.119 e. The Bertz CT molecular complexity index is 533. The lowest BCUT2D eigenvalue weighted by Gasteiger charge is -2.22. The van der Waals surface area contributed by atoms with Gasteiger partial charge in [-0.2, -0.15) is 0 Å². The minimum atomic E-state index is 0.211. The maximum absolute atomic E-state index is 5.71. The SMILES string of the molecule is CCC(c1ccccc1)C(Br)c1ccc(OC(C)C)cc1. The molecule has 0 heterocycles. The highest BCUT2D eigenvalue weighted by Crippen LogP contribution is 2.40. The number of alkyl halides is 1. The molecule has 0 aliphatic rings. The van der Waals surface area contributed by atoms with Gasteiger partial charge in [0.15, 0.2) is 0 Å². The van der Waals surface area contributed by atoms with Gasteiger partial charge in [0.25, 0.3) is 0 Å². The predicted octanol–water partition coefficient (Wildman–Crippen LogP) is 6.10. The monoisotopic (exact) mass is 346 g/mol. The normalized spacial score (nSPS) is 14.0. The highest BCUT2D eigenvalue weighted by atomic mass is 79.9. The second kappa shape index (κ2) is 7.65. The van der Waals surface area contributed by atoms with Crippen LogP contribution >= 0.6 is 15.9 Å². The Labute approximate surface area is 136 Å². The lowest BCUT2D eigenvalue weighted by molar-refractivity contribution is 0.242. The lowest BCUT2D eigenvalue weighted by atomic mass is 9.90. The van der Waals surface area contributed by atoms with Crippen molar-refractivity contribution in [1.29, 1.82) is 0 Å². The van der Waals surface area contributed by atoms with Crippen LogP contribution in [0.2, 0.25) is 0 Å². The van der Waals surface area contributed by atoms with Crippen molar-refractivity contribution in [2.24, 2.45) is 0 Å². The Hall–Kier alpha value is -1.28. The van der Waals surface area contributed by atoms with Gasteiger partial charge >= 0.3 is 0 Å². The van der Waals surface area contributed by atoms with Gasteiger partial charge in [0.1, 0.15) is 5.75 Å². The molecule has 0 aliphatic carbocycles. The summed E-state index contributed by atoms with van der Waals surface area (Å²) in [5.41, 5.74) is 2.67. The largest absolute Gasteiger partial charge is 0.491 e. The number of halogens is 1. The molecule has 112 valence electrons. The van der Waals surface area contributed by atoms with E-state index in [1.165, 1.54) is 11.1 Å². The third-order valence-electron chi connectivity index (χ3n) is 3.59. The van der Waals surface area contributed by atoms with Gasteiger partial charge in [-0.25, -0.2) is 0 Å². The first-order chi connectivity index (χ1) is 10.1. The van der Waals surface area contributed by atoms with Gasteiger partial charge in [-0.1, -0.05) is 65.3 Å². The van der Waals surface area contributed by atoms with E-state index in [9.17, 15) is 0 Å². The summed E-state index contributed by atoms with van der Waals surface area (Å²) in [7, 11) is 0. The van der Waals surface area contributed by atoms with E-state index in [1.807, 2.05) is 13.8 Å². The first-order valence-electron chi connectivity index (χ1n) is 7.57. The summed E-state index contributed by atoms with van der Waals surface area (Å²) < 4.78 is 5.71. The summed E-state index contributed by atoms with van der Waals surface area (Å²) in [6, 6.07) is 19.1. The molecule has 0 bridgehead atoms. The Balaban J connectivity index is 2.16. The van der Waals surface area contributed by atoms with Crippen LogP contribution in [0, 0.1) is 0 Å². The zero-order chi connectivity index (χ0) is 15.2. The number of rotatable bonds is 6. The average Bonchev–Trinajstić information content (AvgIpc) is 2.49. The molecule has 0 amide bonds. The van der Waals surface area contributed by atoms with E-state index < -0.39 is 0 Å². The molecule has 0 aromatic heterocycles. The van der Waals surface area contributed by atoms with Crippen molar-refractivity contribution in [2.75, 3.05) is 0 Å². The van der Waals surface area contributed by atoms with Crippen molar-refractivity contribution < 1.29 is 4.74 Å². The maximum atomic E-state index is 5.71. The molecule has 2 aromatic rings. The zero-order valence-corrected chi connectivity index (χ0v) is 14.5. The van der Waals surface area contributed by atoms with Crippen molar-refractivity contribution in [3.05, 3.63) is 65.7 Å². The van der Waals surface area contributed by atoms with E-state index in [-0.39, 0.29) is 6.10 Å². The summed E-state index contributed by atoms with van der Waals surface area (Å²) in [6.07, 6.45) is 1.31. The van der Waals surface area contributed by atoms with Crippen LogP contribution in [0.15, 0.2) is 54.6 Å². The predicted molar refractivity (Wildman–Crippen MR) is 93.3 cm³/mol. The number of ether oxygens (including phenoxy) is 1. The summed E-state index contributed by atoms with van der Waals surface area (Å²) >= 11 is 3.88. The topological polar surface area (TPSA) is 9.23 Å². The first-order valence-corrected chi connectivity index (χ1v) is 8.49. The van der Waals surface area contributed by atoms with Crippen LogP contribution in [-0.4, -0.2) is 6.10 Å². The van der Waals surface area contributed by atoms with Gasteiger partial charge in [-0.3, -0.25) is 0 Å². The Kier molecular flexibility index (Phi) is 5.86. The minimum Gasteiger partial charge on any atom is -0.491 e. The quantitative estimate of drug-likeness (QED) is 0.574. The fourth-order valence-electron chi connectivity index (χ4n) is 2.55. The van der Waals surface area contributed by atoms with Gasteiger partial charge in [0, 0.05) is 10.7 Å². The smallest absolute Gasteiger partial charge is 0.119 e. The van der Waals surface area contributed by atoms with Crippen molar-refractivity contribution in [3.8, 4) is 5.75 Å². The van der Waals surface area contributed by atoms with Crippen LogP contribution in [0.4, 0.5) is 0 Å². The third-order valence-corrected chi connectivity index (χ3v) is 4.76. The molecular weight excluding hydrogens is 324 g/mol. The van der Waals surface area contributed by atoms with Gasteiger partial charge in [-0.05, 0) is 43.5 Å². The molecule has 2 rings (SSSR count). The molecule has 0 radical (unpaired) electrons. The van der Waals surface area contributed by atoms with E-state index in [0.717, 1.165) is 12.2 Å². The van der Waals surface area contributed by atoms with Crippen LogP contribution < -0.4 is 4.74 Å². The molecule has 2 heteroatoms. The molecular formula is C19H23BrO. The summed E-state index contributed by atoms with van der Waals surface area (Å²) in [6.45, 7) is 6.33. The molecule has 0 N–H and O–H groups in total. The molecule has 2 atom stereocenters. The van der Waals surface area contributed by atoms with Crippen LogP contribution in [0.25, 0.3) is 0 Å². The molecule has 0 aliphatic heterocycles. The Morgan fingerprint density at radius 3 is 2.05 bits per heavy atom. The lowest BCUT2D eigenvalue weighted by Crippen LogP contribution is -2.07. The number of hydrogen-bond donors (Lipinski definition) is 0. The number of hydrogen-bond acceptors (Lipinski definition) is 1. The van der Waals surface area contributed by atoms with E-state index in [2.05, 4.69) is 77.5 Å². The second-order valence-electron chi connectivity index (χ2n) is 5.56. The van der Waals surface area contributed by atoms with Crippen LogP contribution in [0.5, 0.6) is 5.75 Å². The second-order valence-corrected chi connectivity index (χ2v) is 6.55. The molecule has 21 heavy (non-hydrogen) atoms. The van der Waals surface area contributed by atoms with Gasteiger partial charge in [-0.15, -0.1) is 0 Å². The molecule has 0 saturated carbocycles. The zero-order valence-electron chi connectivity index (χ0n) is 12.9. The van der Waals surface area contributed by atoms with Gasteiger partial charge in [0.05, 0.1) is 6.10 Å². The van der Waals surface area contributed by atoms with E-state index in [0.29, 0.717) is 10.7 Å². The summed E-state index contributed by atoms with van der Waals surface area (Å²) in [5.74, 6) is 1.41. The standard InChI is InChI=1S/C19H23BrO/c1-4-18(15-8-6-5-7-9-15)19(20)16-10-12-17(13-11-16)21-14(2)3/h5-14,18-19H,4H2,1-3H3. The van der Waals surface area contributed by atoms with Gasteiger partial charge < -0.3 is 4.74 Å².